The van der Waals surface area contributed by atoms with Gasteiger partial charge >= 0.3 is 0 Å². The van der Waals surface area contributed by atoms with E-state index < -0.39 is 0 Å². The minimum atomic E-state index is 0.862. The Hall–Kier alpha value is -3.40. The average Bonchev–Trinajstić information content (AvgIpc) is 2.69. The number of aryl methyl sites for hydroxylation is 2. The highest BCUT2D eigenvalue weighted by Crippen LogP contribution is 2.26. The summed E-state index contributed by atoms with van der Waals surface area (Å²) in [6, 6.07) is 19.9. The summed E-state index contributed by atoms with van der Waals surface area (Å²) in [5, 5.41) is 0. The van der Waals surface area contributed by atoms with Crippen LogP contribution in [-0.2, 0) is 0 Å². The summed E-state index contributed by atoms with van der Waals surface area (Å²) < 4.78 is 0. The van der Waals surface area contributed by atoms with Crippen molar-refractivity contribution in [3.8, 4) is 33.9 Å². The number of aromatic nitrogens is 4. The largest absolute Gasteiger partial charge is 0.255 e. The first-order chi connectivity index (χ1) is 12.7. The van der Waals surface area contributed by atoms with Crippen LogP contribution in [0.15, 0.2) is 73.1 Å². The van der Waals surface area contributed by atoms with E-state index >= 15 is 0 Å². The number of rotatable bonds is 3. The summed E-state index contributed by atoms with van der Waals surface area (Å²) in [6.07, 6.45) is 3.65. The van der Waals surface area contributed by atoms with E-state index in [1.165, 1.54) is 0 Å². The third-order valence-electron chi connectivity index (χ3n) is 4.24. The second kappa shape index (κ2) is 6.84. The minimum Gasteiger partial charge on any atom is -0.255 e. The molecular formula is C22H18N4. The van der Waals surface area contributed by atoms with E-state index in [-0.39, 0.29) is 0 Å². The molecule has 0 fully saturated rings. The van der Waals surface area contributed by atoms with Crippen LogP contribution < -0.4 is 0 Å². The molecule has 0 aliphatic carbocycles. The molecule has 4 rings (SSSR count). The standard InChI is InChI=1S/C22H18N4/c1-15-6-5-8-21(25-15)22-12-10-18(16(2)26-22)17-9-11-20(24-14-17)19-7-3-4-13-23-19/h3-14H,1-2H3. The quantitative estimate of drug-likeness (QED) is 0.534. The van der Waals surface area contributed by atoms with Gasteiger partial charge in [-0.3, -0.25) is 19.9 Å². The summed E-state index contributed by atoms with van der Waals surface area (Å²) >= 11 is 0. The minimum absolute atomic E-state index is 0.862. The molecule has 0 spiro atoms. The van der Waals surface area contributed by atoms with E-state index in [0.29, 0.717) is 0 Å². The molecule has 0 aliphatic rings. The maximum atomic E-state index is 4.74. The van der Waals surface area contributed by atoms with Gasteiger partial charge in [-0.25, -0.2) is 0 Å². The first-order valence-electron chi connectivity index (χ1n) is 8.50. The Balaban J connectivity index is 1.66. The second-order valence-electron chi connectivity index (χ2n) is 6.14. The van der Waals surface area contributed by atoms with Gasteiger partial charge in [0.1, 0.15) is 0 Å². The lowest BCUT2D eigenvalue weighted by molar-refractivity contribution is 1.15. The van der Waals surface area contributed by atoms with Crippen LogP contribution in [0.3, 0.4) is 0 Å². The third-order valence-corrected chi connectivity index (χ3v) is 4.24. The number of pyridine rings is 4. The van der Waals surface area contributed by atoms with E-state index in [0.717, 1.165) is 45.3 Å². The van der Waals surface area contributed by atoms with E-state index in [2.05, 4.69) is 27.1 Å². The average molecular weight is 338 g/mol. The van der Waals surface area contributed by atoms with Crippen LogP contribution in [0, 0.1) is 13.8 Å². The highest BCUT2D eigenvalue weighted by Gasteiger charge is 2.08. The van der Waals surface area contributed by atoms with Gasteiger partial charge in [0.15, 0.2) is 0 Å². The Morgan fingerprint density at radius 2 is 1.38 bits per heavy atom. The lowest BCUT2D eigenvalue weighted by atomic mass is 10.0. The maximum Gasteiger partial charge on any atom is 0.0889 e. The molecule has 0 aliphatic heterocycles. The van der Waals surface area contributed by atoms with Gasteiger partial charge in [-0.1, -0.05) is 24.3 Å². The van der Waals surface area contributed by atoms with Crippen molar-refractivity contribution in [2.45, 2.75) is 13.8 Å². The zero-order valence-corrected chi connectivity index (χ0v) is 14.7. The van der Waals surface area contributed by atoms with Crippen molar-refractivity contribution in [1.82, 2.24) is 19.9 Å². The molecule has 0 saturated carbocycles. The Labute approximate surface area is 152 Å². The molecule has 0 amide bonds. The summed E-state index contributed by atoms with van der Waals surface area (Å²) in [7, 11) is 0. The molecule has 0 saturated heterocycles. The predicted octanol–water partition coefficient (Wildman–Crippen LogP) is 4.88. The summed E-state index contributed by atoms with van der Waals surface area (Å²) in [5.74, 6) is 0. The van der Waals surface area contributed by atoms with Gasteiger partial charge in [0.2, 0.25) is 0 Å². The lowest BCUT2D eigenvalue weighted by Gasteiger charge is -2.09. The van der Waals surface area contributed by atoms with Crippen LogP contribution >= 0.6 is 0 Å². The molecule has 26 heavy (non-hydrogen) atoms. The van der Waals surface area contributed by atoms with E-state index in [9.17, 15) is 0 Å². The molecule has 0 aromatic carbocycles. The van der Waals surface area contributed by atoms with Gasteiger partial charge in [0.05, 0.1) is 22.8 Å². The normalized spacial score (nSPS) is 10.7. The van der Waals surface area contributed by atoms with Gasteiger partial charge in [-0.05, 0) is 50.2 Å². The van der Waals surface area contributed by atoms with Crippen LogP contribution in [0.1, 0.15) is 11.4 Å². The molecule has 0 atom stereocenters. The highest BCUT2D eigenvalue weighted by molar-refractivity contribution is 5.69. The molecule has 0 bridgehead atoms. The topological polar surface area (TPSA) is 51.6 Å². The van der Waals surface area contributed by atoms with Gasteiger partial charge in [0, 0.05) is 34.9 Å². The fraction of sp³-hybridized carbons (Fsp3) is 0.0909. The van der Waals surface area contributed by atoms with Crippen molar-refractivity contribution < 1.29 is 0 Å². The summed E-state index contributed by atoms with van der Waals surface area (Å²) in [5.41, 5.74) is 7.56. The van der Waals surface area contributed by atoms with Gasteiger partial charge < -0.3 is 0 Å². The fourth-order valence-electron chi connectivity index (χ4n) is 2.91. The van der Waals surface area contributed by atoms with E-state index in [1.807, 2.05) is 68.6 Å². The van der Waals surface area contributed by atoms with Crippen LogP contribution in [0.2, 0.25) is 0 Å². The number of hydrogen-bond donors (Lipinski definition) is 0. The molecule has 0 N–H and O–H groups in total. The zero-order valence-electron chi connectivity index (χ0n) is 14.7. The molecule has 4 heteroatoms. The first kappa shape index (κ1) is 16.1. The van der Waals surface area contributed by atoms with Crippen molar-refractivity contribution in [2.75, 3.05) is 0 Å². The van der Waals surface area contributed by atoms with Crippen LogP contribution in [0.4, 0.5) is 0 Å². The predicted molar refractivity (Wildman–Crippen MR) is 103 cm³/mol. The Bertz CT molecular complexity index is 1040. The molecule has 0 unspecified atom stereocenters. The van der Waals surface area contributed by atoms with Crippen molar-refractivity contribution in [3.63, 3.8) is 0 Å². The van der Waals surface area contributed by atoms with Crippen molar-refractivity contribution in [3.05, 3.63) is 84.4 Å². The molecule has 4 nitrogen and oxygen atoms in total. The fourth-order valence-corrected chi connectivity index (χ4v) is 2.91. The Morgan fingerprint density at radius 1 is 0.615 bits per heavy atom. The van der Waals surface area contributed by atoms with Crippen LogP contribution in [-0.4, -0.2) is 19.9 Å². The van der Waals surface area contributed by atoms with Crippen molar-refractivity contribution in [1.29, 1.82) is 0 Å². The third kappa shape index (κ3) is 3.22. The Kier molecular flexibility index (Phi) is 4.23. The molecule has 4 aromatic rings. The molecule has 4 heterocycles. The van der Waals surface area contributed by atoms with Crippen molar-refractivity contribution >= 4 is 0 Å². The van der Waals surface area contributed by atoms with Gasteiger partial charge in [0.25, 0.3) is 0 Å². The SMILES string of the molecule is Cc1cccc(-c2ccc(-c3ccc(-c4ccccn4)nc3)c(C)n2)n1. The molecule has 126 valence electrons. The lowest BCUT2D eigenvalue weighted by Crippen LogP contribution is -1.94. The van der Waals surface area contributed by atoms with Crippen LogP contribution in [0.5, 0.6) is 0 Å². The molecular weight excluding hydrogens is 320 g/mol. The Morgan fingerprint density at radius 3 is 2.08 bits per heavy atom. The van der Waals surface area contributed by atoms with Gasteiger partial charge in [-0.15, -0.1) is 0 Å². The summed E-state index contributed by atoms with van der Waals surface area (Å²) in [4.78, 5) is 18.2. The number of hydrogen-bond acceptors (Lipinski definition) is 4. The number of nitrogens with zero attached hydrogens (tertiary/aromatic N) is 4. The second-order valence-corrected chi connectivity index (χ2v) is 6.14. The van der Waals surface area contributed by atoms with E-state index in [1.54, 1.807) is 6.20 Å². The summed E-state index contributed by atoms with van der Waals surface area (Å²) in [6.45, 7) is 4.00. The molecule has 4 aromatic heterocycles. The zero-order chi connectivity index (χ0) is 17.9. The maximum absolute atomic E-state index is 4.74. The van der Waals surface area contributed by atoms with E-state index in [4.69, 9.17) is 4.98 Å². The first-order valence-corrected chi connectivity index (χ1v) is 8.50. The monoisotopic (exact) mass is 338 g/mol. The molecule has 0 radical (unpaired) electrons. The van der Waals surface area contributed by atoms with Crippen molar-refractivity contribution in [2.24, 2.45) is 0 Å². The van der Waals surface area contributed by atoms with Gasteiger partial charge in [-0.2, -0.15) is 0 Å². The smallest absolute Gasteiger partial charge is 0.0889 e. The van der Waals surface area contributed by atoms with Crippen LogP contribution in [0.25, 0.3) is 33.9 Å². The highest BCUT2D eigenvalue weighted by atomic mass is 14.8.